The molecule has 2 heterocycles. The van der Waals surface area contributed by atoms with Gasteiger partial charge in [-0.05, 0) is 67.6 Å². The zero-order valence-electron chi connectivity index (χ0n) is 13.7. The van der Waals surface area contributed by atoms with Crippen molar-refractivity contribution in [3.63, 3.8) is 0 Å². The SMILES string of the molecule is CC(C)(C)OC(=O)N1[C@@H]2C[C@@H]2C[C@H]1C(=O)Nc1ccc(F)c(Br)n1. The molecular formula is C16H19BrFN3O3. The lowest BCUT2D eigenvalue weighted by Gasteiger charge is -2.29. The number of piperidine rings is 1. The minimum absolute atomic E-state index is 0.0265. The molecule has 0 unspecified atom stereocenters. The molecule has 1 saturated heterocycles. The van der Waals surface area contributed by atoms with Crippen LogP contribution in [-0.2, 0) is 9.53 Å². The van der Waals surface area contributed by atoms with E-state index in [1.807, 2.05) is 0 Å². The Morgan fingerprint density at radius 1 is 1.38 bits per heavy atom. The highest BCUT2D eigenvalue weighted by atomic mass is 79.9. The topological polar surface area (TPSA) is 71.5 Å². The summed E-state index contributed by atoms with van der Waals surface area (Å²) in [6, 6.07) is 2.08. The molecule has 0 aromatic carbocycles. The molecule has 2 amide bonds. The fourth-order valence-corrected chi connectivity index (χ4v) is 3.29. The number of rotatable bonds is 2. The quantitative estimate of drug-likeness (QED) is 0.774. The number of carbonyl (C=O) groups is 2. The van der Waals surface area contributed by atoms with Gasteiger partial charge in [-0.25, -0.2) is 14.2 Å². The molecule has 2 aliphatic rings. The first-order valence-electron chi connectivity index (χ1n) is 7.80. The largest absolute Gasteiger partial charge is 0.444 e. The predicted molar refractivity (Wildman–Crippen MR) is 88.9 cm³/mol. The van der Waals surface area contributed by atoms with Gasteiger partial charge in [0.1, 0.15) is 22.1 Å². The lowest BCUT2D eigenvalue weighted by Crippen LogP contribution is -2.47. The number of amides is 2. The highest BCUT2D eigenvalue weighted by Crippen LogP contribution is 2.48. The summed E-state index contributed by atoms with van der Waals surface area (Å²) in [5, 5.41) is 2.64. The Balaban J connectivity index is 1.71. The molecular weight excluding hydrogens is 381 g/mol. The van der Waals surface area contributed by atoms with Crippen molar-refractivity contribution in [1.82, 2.24) is 9.88 Å². The second-order valence-electron chi connectivity index (χ2n) is 7.16. The molecule has 24 heavy (non-hydrogen) atoms. The van der Waals surface area contributed by atoms with E-state index in [9.17, 15) is 14.0 Å². The summed E-state index contributed by atoms with van der Waals surface area (Å²) < 4.78 is 18.7. The first-order chi connectivity index (χ1) is 11.2. The number of nitrogens with one attached hydrogen (secondary N) is 1. The number of fused-ring (bicyclic) bond motifs is 1. The van der Waals surface area contributed by atoms with Crippen molar-refractivity contribution in [2.75, 3.05) is 5.32 Å². The van der Waals surface area contributed by atoms with Crippen LogP contribution < -0.4 is 5.32 Å². The van der Waals surface area contributed by atoms with Gasteiger partial charge in [0.05, 0.1) is 0 Å². The van der Waals surface area contributed by atoms with Crippen LogP contribution >= 0.6 is 15.9 Å². The smallest absolute Gasteiger partial charge is 0.411 e. The third-order valence-electron chi connectivity index (χ3n) is 4.07. The second kappa shape index (κ2) is 5.98. The maximum Gasteiger partial charge on any atom is 0.411 e. The predicted octanol–water partition coefficient (Wildman–Crippen LogP) is 3.32. The summed E-state index contributed by atoms with van der Waals surface area (Å²) in [5.74, 6) is -0.260. The molecule has 3 atom stereocenters. The Morgan fingerprint density at radius 2 is 2.08 bits per heavy atom. The number of nitrogens with zero attached hydrogens (tertiary/aromatic N) is 2. The Hall–Kier alpha value is -1.70. The number of carbonyl (C=O) groups excluding carboxylic acids is 2. The van der Waals surface area contributed by atoms with Crippen LogP contribution in [0.25, 0.3) is 0 Å². The summed E-state index contributed by atoms with van der Waals surface area (Å²) in [5.41, 5.74) is -0.617. The van der Waals surface area contributed by atoms with Gasteiger partial charge >= 0.3 is 6.09 Å². The van der Waals surface area contributed by atoms with Crippen LogP contribution in [0.15, 0.2) is 16.7 Å². The zero-order valence-corrected chi connectivity index (χ0v) is 15.3. The number of hydrogen-bond acceptors (Lipinski definition) is 4. The zero-order chi connectivity index (χ0) is 17.6. The molecule has 8 heteroatoms. The average Bonchev–Trinajstić information content (AvgIpc) is 3.11. The minimum Gasteiger partial charge on any atom is -0.444 e. The highest BCUT2D eigenvalue weighted by Gasteiger charge is 2.57. The van der Waals surface area contributed by atoms with Crippen LogP contribution in [0.4, 0.5) is 15.0 Å². The maximum absolute atomic E-state index is 13.2. The van der Waals surface area contributed by atoms with E-state index < -0.39 is 23.6 Å². The second-order valence-corrected chi connectivity index (χ2v) is 7.91. The van der Waals surface area contributed by atoms with E-state index in [2.05, 4.69) is 26.2 Å². The molecule has 6 nitrogen and oxygen atoms in total. The lowest BCUT2D eigenvalue weighted by atomic mass is 10.1. The number of ether oxygens (including phenoxy) is 1. The molecule has 1 aromatic heterocycles. The number of halogens is 2. The lowest BCUT2D eigenvalue weighted by molar-refractivity contribution is -0.121. The van der Waals surface area contributed by atoms with E-state index in [-0.39, 0.29) is 22.4 Å². The first kappa shape index (κ1) is 17.1. The van der Waals surface area contributed by atoms with Crippen molar-refractivity contribution < 1.29 is 18.7 Å². The highest BCUT2D eigenvalue weighted by molar-refractivity contribution is 9.10. The van der Waals surface area contributed by atoms with Gasteiger partial charge in [0, 0.05) is 6.04 Å². The summed E-state index contributed by atoms with van der Waals surface area (Å²) in [6.07, 6.45) is 1.04. The normalized spacial score (nSPS) is 25.2. The Bertz CT molecular complexity index is 692. The van der Waals surface area contributed by atoms with E-state index in [1.165, 1.54) is 17.0 Å². The van der Waals surface area contributed by atoms with Gasteiger partial charge in [-0.15, -0.1) is 0 Å². The van der Waals surface area contributed by atoms with Gasteiger partial charge in [-0.1, -0.05) is 0 Å². The molecule has 3 rings (SSSR count). The van der Waals surface area contributed by atoms with Crippen LogP contribution in [0.2, 0.25) is 0 Å². The Morgan fingerprint density at radius 3 is 2.71 bits per heavy atom. The van der Waals surface area contributed by atoms with E-state index >= 15 is 0 Å². The van der Waals surface area contributed by atoms with Gasteiger partial charge < -0.3 is 10.1 Å². The number of aromatic nitrogens is 1. The molecule has 0 radical (unpaired) electrons. The van der Waals surface area contributed by atoms with Crippen molar-refractivity contribution >= 4 is 33.7 Å². The summed E-state index contributed by atoms with van der Waals surface area (Å²) >= 11 is 2.98. The standard InChI is InChI=1S/C16H19BrFN3O3/c1-16(2,3)24-15(23)21-10-6-8(10)7-11(21)14(22)20-12-5-4-9(18)13(17)19-12/h4-5,8,10-11H,6-7H2,1-3H3,(H,19,20,22)/t8-,10-,11+/m1/s1. The maximum atomic E-state index is 13.2. The fourth-order valence-electron chi connectivity index (χ4n) is 2.96. The van der Waals surface area contributed by atoms with Crippen molar-refractivity contribution in [3.05, 3.63) is 22.6 Å². The summed E-state index contributed by atoms with van der Waals surface area (Å²) in [4.78, 5) is 30.4. The molecule has 1 aromatic rings. The fraction of sp³-hybridized carbons (Fsp3) is 0.562. The Labute approximate surface area is 147 Å². The van der Waals surface area contributed by atoms with E-state index in [4.69, 9.17) is 4.74 Å². The van der Waals surface area contributed by atoms with E-state index in [0.717, 1.165) is 6.42 Å². The van der Waals surface area contributed by atoms with Crippen LogP contribution in [0, 0.1) is 11.7 Å². The first-order valence-corrected chi connectivity index (χ1v) is 8.59. The van der Waals surface area contributed by atoms with Gasteiger partial charge in [0.2, 0.25) is 5.91 Å². The number of hydrogen-bond donors (Lipinski definition) is 1. The monoisotopic (exact) mass is 399 g/mol. The van der Waals surface area contributed by atoms with Gasteiger partial charge in [0.25, 0.3) is 0 Å². The third-order valence-corrected chi connectivity index (χ3v) is 4.62. The van der Waals surface area contributed by atoms with Crippen LogP contribution in [-0.4, -0.2) is 39.6 Å². The van der Waals surface area contributed by atoms with Crippen molar-refractivity contribution in [2.24, 2.45) is 5.92 Å². The molecule has 0 spiro atoms. The third kappa shape index (κ3) is 3.53. The summed E-state index contributed by atoms with van der Waals surface area (Å²) in [6.45, 7) is 5.38. The van der Waals surface area contributed by atoms with Crippen LogP contribution in [0.1, 0.15) is 33.6 Å². The molecule has 0 bridgehead atoms. The van der Waals surface area contributed by atoms with Gasteiger partial charge in [-0.3, -0.25) is 9.69 Å². The Kier molecular flexibility index (Phi) is 4.27. The van der Waals surface area contributed by atoms with Gasteiger partial charge in [-0.2, -0.15) is 0 Å². The molecule has 2 fully saturated rings. The molecule has 1 aliphatic heterocycles. The molecule has 130 valence electrons. The average molecular weight is 400 g/mol. The van der Waals surface area contributed by atoms with Crippen molar-refractivity contribution in [1.29, 1.82) is 0 Å². The molecule has 1 saturated carbocycles. The number of anilines is 1. The van der Waals surface area contributed by atoms with E-state index in [1.54, 1.807) is 20.8 Å². The number of likely N-dealkylation sites (tertiary alicyclic amines) is 1. The minimum atomic E-state index is -0.617. The van der Waals surface area contributed by atoms with Crippen molar-refractivity contribution in [2.45, 2.75) is 51.3 Å². The van der Waals surface area contributed by atoms with Gasteiger partial charge in [0.15, 0.2) is 5.82 Å². The molecule has 1 N–H and O–H groups in total. The van der Waals surface area contributed by atoms with Crippen LogP contribution in [0.5, 0.6) is 0 Å². The van der Waals surface area contributed by atoms with Crippen LogP contribution in [0.3, 0.4) is 0 Å². The van der Waals surface area contributed by atoms with E-state index in [0.29, 0.717) is 12.3 Å². The van der Waals surface area contributed by atoms with Crippen molar-refractivity contribution in [3.8, 4) is 0 Å². The molecule has 1 aliphatic carbocycles. The summed E-state index contributed by atoms with van der Waals surface area (Å²) in [7, 11) is 0. The number of pyridine rings is 1.